The Kier molecular flexibility index (Phi) is 4.23. The number of hydrogen-bond acceptors (Lipinski definition) is 8. The fourth-order valence-corrected chi connectivity index (χ4v) is 3.67. The van der Waals surface area contributed by atoms with Gasteiger partial charge >= 0.3 is 5.97 Å². The largest absolute Gasteiger partial charge is 0.454 e. The normalized spacial score (nSPS) is 14.9. The maximum Gasteiger partial charge on any atom is 0.327 e. The van der Waals surface area contributed by atoms with Crippen LogP contribution < -0.4 is 5.32 Å². The average molecular weight is 365 g/mol. The van der Waals surface area contributed by atoms with E-state index in [0.29, 0.717) is 4.31 Å². The van der Waals surface area contributed by atoms with Crippen LogP contribution in [-0.4, -0.2) is 48.8 Å². The monoisotopic (exact) mass is 365 g/mol. The molecule has 130 valence electrons. The molecule has 3 rings (SSSR count). The lowest BCUT2D eigenvalue weighted by atomic mass is 10.2. The molecule has 0 saturated carbocycles. The molecular weight excluding hydrogens is 354 g/mol. The van der Waals surface area contributed by atoms with Crippen molar-refractivity contribution < 1.29 is 32.1 Å². The molecule has 0 bridgehead atoms. The lowest BCUT2D eigenvalue weighted by Crippen LogP contribution is -2.36. The molecule has 1 aliphatic rings. The highest BCUT2D eigenvalue weighted by Gasteiger charge is 2.42. The summed E-state index contributed by atoms with van der Waals surface area (Å²) in [7, 11) is -4.11. The van der Waals surface area contributed by atoms with E-state index in [0.717, 1.165) is 0 Å². The molecule has 0 spiro atoms. The van der Waals surface area contributed by atoms with E-state index < -0.39 is 41.0 Å². The number of esters is 1. The molecule has 0 unspecified atom stereocenters. The number of carbonyl (C=O) groups excluding carboxylic acids is 3. The third kappa shape index (κ3) is 3.21. The fraction of sp³-hybridized carbons (Fsp3) is 0.143. The fourth-order valence-electron chi connectivity index (χ4n) is 2.15. The van der Waals surface area contributed by atoms with E-state index in [9.17, 15) is 22.8 Å². The van der Waals surface area contributed by atoms with E-state index in [1.54, 1.807) is 0 Å². The van der Waals surface area contributed by atoms with E-state index >= 15 is 0 Å². The smallest absolute Gasteiger partial charge is 0.327 e. The quantitative estimate of drug-likeness (QED) is 0.731. The Bertz CT molecular complexity index is 937. The zero-order chi connectivity index (χ0) is 18.0. The summed E-state index contributed by atoms with van der Waals surface area (Å²) in [5.74, 6) is -2.42. The van der Waals surface area contributed by atoms with Gasteiger partial charge in [-0.1, -0.05) is 17.3 Å². The molecule has 0 radical (unpaired) electrons. The number of nitrogens with zero attached hydrogens (tertiary/aromatic N) is 2. The molecule has 2 heterocycles. The van der Waals surface area contributed by atoms with Gasteiger partial charge in [0.1, 0.15) is 17.7 Å². The molecule has 0 fully saturated rings. The van der Waals surface area contributed by atoms with Crippen molar-refractivity contribution in [3.8, 4) is 0 Å². The van der Waals surface area contributed by atoms with Crippen molar-refractivity contribution in [1.29, 1.82) is 0 Å². The molecule has 1 aromatic carbocycles. The number of nitrogens with one attached hydrogen (secondary N) is 1. The van der Waals surface area contributed by atoms with Gasteiger partial charge in [-0.25, -0.2) is 12.7 Å². The summed E-state index contributed by atoms with van der Waals surface area (Å²) in [5.41, 5.74) is -0.0147. The van der Waals surface area contributed by atoms with Gasteiger partial charge in [-0.3, -0.25) is 14.4 Å². The molecule has 0 atom stereocenters. The zero-order valence-electron chi connectivity index (χ0n) is 12.5. The van der Waals surface area contributed by atoms with Crippen molar-refractivity contribution >= 4 is 33.6 Å². The molecule has 1 aliphatic heterocycles. The average Bonchev–Trinajstić information content (AvgIpc) is 3.15. The molecule has 0 saturated heterocycles. The topological polar surface area (TPSA) is 136 Å². The van der Waals surface area contributed by atoms with Gasteiger partial charge in [0.2, 0.25) is 0 Å². The van der Waals surface area contributed by atoms with Crippen molar-refractivity contribution in [2.45, 2.75) is 4.90 Å². The second-order valence-electron chi connectivity index (χ2n) is 4.91. The molecule has 11 heteroatoms. The van der Waals surface area contributed by atoms with Crippen molar-refractivity contribution in [2.24, 2.45) is 0 Å². The molecular formula is C14H11N3O7S. The van der Waals surface area contributed by atoms with E-state index in [2.05, 4.69) is 19.7 Å². The lowest BCUT2D eigenvalue weighted by Gasteiger charge is -2.14. The highest BCUT2D eigenvalue weighted by Crippen LogP contribution is 2.29. The van der Waals surface area contributed by atoms with Crippen molar-refractivity contribution in [3.63, 3.8) is 0 Å². The van der Waals surface area contributed by atoms with Crippen LogP contribution in [0, 0.1) is 0 Å². The molecule has 1 N–H and O–H groups in total. The predicted octanol–water partition coefficient (Wildman–Crippen LogP) is 0.001000. The second-order valence-corrected chi connectivity index (χ2v) is 6.74. The Labute approximate surface area is 141 Å². The second kappa shape index (κ2) is 6.36. The minimum Gasteiger partial charge on any atom is -0.454 e. The number of anilines is 1. The number of aromatic nitrogens is 1. The van der Waals surface area contributed by atoms with Crippen LogP contribution >= 0.6 is 0 Å². The van der Waals surface area contributed by atoms with E-state index in [4.69, 9.17) is 0 Å². The van der Waals surface area contributed by atoms with Gasteiger partial charge in [0, 0.05) is 6.07 Å². The first-order valence-corrected chi connectivity index (χ1v) is 8.35. The summed E-state index contributed by atoms with van der Waals surface area (Å²) in [5, 5.41) is 5.73. The van der Waals surface area contributed by atoms with E-state index in [-0.39, 0.29) is 16.3 Å². The number of sulfonamides is 1. The summed E-state index contributed by atoms with van der Waals surface area (Å²) in [6.07, 6.45) is 1.24. The Morgan fingerprint density at radius 3 is 2.68 bits per heavy atom. The number of fused-ring (bicyclic) bond motifs is 1. The number of rotatable bonds is 5. The first kappa shape index (κ1) is 16.6. The number of benzene rings is 1. The standard InChI is InChI=1S/C14H11N3O7S/c18-12(15-11-5-6-24-16-11)8-23-13(19)7-17-14(20)9-3-1-2-4-10(9)25(17,21)22/h1-6H,7-8H2,(H,15,16,18). The van der Waals surface area contributed by atoms with Gasteiger partial charge in [-0.15, -0.1) is 0 Å². The Morgan fingerprint density at radius 1 is 1.24 bits per heavy atom. The minimum absolute atomic E-state index is 0.0147. The summed E-state index contributed by atoms with van der Waals surface area (Å²) in [6.45, 7) is -1.49. The Balaban J connectivity index is 1.60. The lowest BCUT2D eigenvalue weighted by molar-refractivity contribution is -0.147. The molecule has 2 amide bonds. The minimum atomic E-state index is -4.11. The SMILES string of the molecule is O=C(COC(=O)CN1C(=O)c2ccccc2S1(=O)=O)Nc1ccon1. The van der Waals surface area contributed by atoms with Crippen LogP contribution in [0.2, 0.25) is 0 Å². The van der Waals surface area contributed by atoms with E-state index in [1.165, 1.54) is 36.6 Å². The molecule has 10 nitrogen and oxygen atoms in total. The highest BCUT2D eigenvalue weighted by atomic mass is 32.2. The number of hydrogen-bond donors (Lipinski definition) is 1. The number of carbonyl (C=O) groups is 3. The summed E-state index contributed by atoms with van der Waals surface area (Å²) >= 11 is 0. The Hall–Kier alpha value is -3.21. The van der Waals surface area contributed by atoms with Crippen LogP contribution in [0.15, 0.2) is 46.0 Å². The van der Waals surface area contributed by atoms with Crippen LogP contribution in [0.5, 0.6) is 0 Å². The van der Waals surface area contributed by atoms with Gasteiger partial charge in [-0.05, 0) is 12.1 Å². The van der Waals surface area contributed by atoms with E-state index in [1.807, 2.05) is 0 Å². The van der Waals surface area contributed by atoms with Crippen LogP contribution in [0.4, 0.5) is 5.82 Å². The summed E-state index contributed by atoms with van der Waals surface area (Å²) < 4.78 is 34.2. The van der Waals surface area contributed by atoms with Crippen LogP contribution in [-0.2, 0) is 24.3 Å². The van der Waals surface area contributed by atoms with Crippen LogP contribution in [0.3, 0.4) is 0 Å². The molecule has 0 aliphatic carbocycles. The highest BCUT2D eigenvalue weighted by molar-refractivity contribution is 7.90. The summed E-state index contributed by atoms with van der Waals surface area (Å²) in [6, 6.07) is 7.00. The number of amides is 2. The first-order chi connectivity index (χ1) is 11.9. The van der Waals surface area contributed by atoms with Crippen molar-refractivity contribution in [2.75, 3.05) is 18.5 Å². The van der Waals surface area contributed by atoms with Gasteiger partial charge in [0.25, 0.3) is 21.8 Å². The molecule has 2 aromatic rings. The Morgan fingerprint density at radius 2 is 2.00 bits per heavy atom. The number of ether oxygens (including phenoxy) is 1. The van der Waals surface area contributed by atoms with Crippen LogP contribution in [0.25, 0.3) is 0 Å². The molecule has 25 heavy (non-hydrogen) atoms. The van der Waals surface area contributed by atoms with Gasteiger partial charge < -0.3 is 14.6 Å². The van der Waals surface area contributed by atoms with Gasteiger partial charge in [0.15, 0.2) is 12.4 Å². The van der Waals surface area contributed by atoms with Crippen molar-refractivity contribution in [1.82, 2.24) is 9.46 Å². The predicted molar refractivity (Wildman–Crippen MR) is 80.8 cm³/mol. The maximum atomic E-state index is 12.3. The van der Waals surface area contributed by atoms with Crippen molar-refractivity contribution in [3.05, 3.63) is 42.2 Å². The van der Waals surface area contributed by atoms with Gasteiger partial charge in [0.05, 0.1) is 5.56 Å². The van der Waals surface area contributed by atoms with Gasteiger partial charge in [-0.2, -0.15) is 0 Å². The maximum absolute atomic E-state index is 12.3. The summed E-state index contributed by atoms with van der Waals surface area (Å²) in [4.78, 5) is 35.3. The first-order valence-electron chi connectivity index (χ1n) is 6.91. The molecule has 1 aromatic heterocycles. The van der Waals surface area contributed by atoms with Crippen LogP contribution in [0.1, 0.15) is 10.4 Å². The zero-order valence-corrected chi connectivity index (χ0v) is 13.4. The third-order valence-corrected chi connectivity index (χ3v) is 5.04. The third-order valence-electron chi connectivity index (χ3n) is 3.25.